The summed E-state index contributed by atoms with van der Waals surface area (Å²) in [7, 11) is 0. The summed E-state index contributed by atoms with van der Waals surface area (Å²) in [6.07, 6.45) is 3.65. The van der Waals surface area contributed by atoms with Gasteiger partial charge in [-0.2, -0.15) is 0 Å². The van der Waals surface area contributed by atoms with Crippen LogP contribution in [0.1, 0.15) is 25.7 Å². The molecule has 1 fully saturated rings. The van der Waals surface area contributed by atoms with E-state index in [9.17, 15) is 9.59 Å². The molecule has 1 aromatic carbocycles. The Morgan fingerprint density at radius 3 is 2.63 bits per heavy atom. The number of carbonyl (C=O) groups is 2. The van der Waals surface area contributed by atoms with Gasteiger partial charge in [0.1, 0.15) is 5.75 Å². The zero-order valence-corrected chi connectivity index (χ0v) is 10.7. The lowest BCUT2D eigenvalue weighted by atomic mass is 10.2. The molecule has 102 valence electrons. The SMILES string of the molecule is O=C(O)COc1ccc(N2CCCCCC2=O)cc1. The minimum absolute atomic E-state index is 0.150. The predicted octanol–water partition coefficient (Wildman–Crippen LogP) is 2.06. The average Bonchev–Trinajstić information content (AvgIpc) is 2.62. The molecule has 0 spiro atoms. The van der Waals surface area contributed by atoms with Gasteiger partial charge >= 0.3 is 5.97 Å². The van der Waals surface area contributed by atoms with Crippen LogP contribution in [0, 0.1) is 0 Å². The molecule has 1 saturated heterocycles. The van der Waals surface area contributed by atoms with E-state index >= 15 is 0 Å². The van der Waals surface area contributed by atoms with Crippen LogP contribution in [0.5, 0.6) is 5.75 Å². The van der Waals surface area contributed by atoms with Crippen LogP contribution in [-0.4, -0.2) is 30.1 Å². The van der Waals surface area contributed by atoms with E-state index in [4.69, 9.17) is 9.84 Å². The van der Waals surface area contributed by atoms with Crippen molar-refractivity contribution in [3.63, 3.8) is 0 Å². The summed E-state index contributed by atoms with van der Waals surface area (Å²) in [6, 6.07) is 6.97. The van der Waals surface area contributed by atoms with Crippen LogP contribution in [-0.2, 0) is 9.59 Å². The zero-order chi connectivity index (χ0) is 13.7. The highest BCUT2D eigenvalue weighted by molar-refractivity contribution is 5.93. The Morgan fingerprint density at radius 1 is 1.21 bits per heavy atom. The van der Waals surface area contributed by atoms with Gasteiger partial charge in [-0.15, -0.1) is 0 Å². The Balaban J connectivity index is 2.04. The number of ether oxygens (including phenoxy) is 1. The van der Waals surface area contributed by atoms with E-state index in [0.29, 0.717) is 12.2 Å². The maximum absolute atomic E-state index is 11.9. The molecule has 19 heavy (non-hydrogen) atoms. The average molecular weight is 263 g/mol. The second-order valence-electron chi connectivity index (χ2n) is 4.53. The fourth-order valence-corrected chi connectivity index (χ4v) is 2.12. The predicted molar refractivity (Wildman–Crippen MR) is 70.4 cm³/mol. The molecule has 0 aliphatic carbocycles. The van der Waals surface area contributed by atoms with E-state index in [-0.39, 0.29) is 12.5 Å². The van der Waals surface area contributed by atoms with Crippen LogP contribution < -0.4 is 9.64 Å². The molecule has 1 N–H and O–H groups in total. The molecule has 1 amide bonds. The highest BCUT2D eigenvalue weighted by Crippen LogP contribution is 2.23. The van der Waals surface area contributed by atoms with Crippen LogP contribution in [0.2, 0.25) is 0 Å². The van der Waals surface area contributed by atoms with Gasteiger partial charge in [0.15, 0.2) is 6.61 Å². The maximum Gasteiger partial charge on any atom is 0.341 e. The number of carboxylic acid groups (broad SMARTS) is 1. The molecular weight excluding hydrogens is 246 g/mol. The van der Waals surface area contributed by atoms with Gasteiger partial charge in [0.05, 0.1) is 0 Å². The second kappa shape index (κ2) is 6.22. The van der Waals surface area contributed by atoms with Crippen LogP contribution >= 0.6 is 0 Å². The van der Waals surface area contributed by atoms with E-state index in [1.807, 2.05) is 0 Å². The number of hydrogen-bond acceptors (Lipinski definition) is 3. The van der Waals surface area contributed by atoms with Crippen molar-refractivity contribution in [3.8, 4) is 5.75 Å². The standard InChI is InChI=1S/C14H17NO4/c16-13-4-2-1-3-9-15(13)11-5-7-12(8-6-11)19-10-14(17)18/h5-8H,1-4,9-10H2,(H,17,18). The number of anilines is 1. The van der Waals surface area contributed by atoms with E-state index in [0.717, 1.165) is 31.5 Å². The van der Waals surface area contributed by atoms with Gasteiger partial charge < -0.3 is 14.7 Å². The zero-order valence-electron chi connectivity index (χ0n) is 10.7. The van der Waals surface area contributed by atoms with Crippen molar-refractivity contribution in [2.45, 2.75) is 25.7 Å². The van der Waals surface area contributed by atoms with Crippen molar-refractivity contribution < 1.29 is 19.4 Å². The Morgan fingerprint density at radius 2 is 1.95 bits per heavy atom. The third kappa shape index (κ3) is 3.71. The van der Waals surface area contributed by atoms with Crippen molar-refractivity contribution in [3.05, 3.63) is 24.3 Å². The topological polar surface area (TPSA) is 66.8 Å². The molecule has 0 atom stereocenters. The normalized spacial score (nSPS) is 16.0. The van der Waals surface area contributed by atoms with Gasteiger partial charge in [-0.3, -0.25) is 4.79 Å². The van der Waals surface area contributed by atoms with Crippen molar-refractivity contribution in [2.24, 2.45) is 0 Å². The van der Waals surface area contributed by atoms with Gasteiger partial charge in [0.25, 0.3) is 0 Å². The van der Waals surface area contributed by atoms with Gasteiger partial charge in [-0.05, 0) is 37.1 Å². The van der Waals surface area contributed by atoms with Crippen LogP contribution in [0.4, 0.5) is 5.69 Å². The number of rotatable bonds is 4. The molecule has 1 aliphatic heterocycles. The summed E-state index contributed by atoms with van der Waals surface area (Å²) in [6.45, 7) is 0.385. The summed E-state index contributed by atoms with van der Waals surface area (Å²) in [4.78, 5) is 24.1. The molecule has 5 nitrogen and oxygen atoms in total. The lowest BCUT2D eigenvalue weighted by Crippen LogP contribution is -2.29. The number of nitrogens with zero attached hydrogens (tertiary/aromatic N) is 1. The number of hydrogen-bond donors (Lipinski definition) is 1. The van der Waals surface area contributed by atoms with Gasteiger partial charge in [0.2, 0.25) is 5.91 Å². The summed E-state index contributed by atoms with van der Waals surface area (Å²) in [5, 5.41) is 8.52. The first kappa shape index (κ1) is 13.4. The number of carboxylic acids is 1. The molecule has 1 heterocycles. The smallest absolute Gasteiger partial charge is 0.341 e. The van der Waals surface area contributed by atoms with Gasteiger partial charge in [0, 0.05) is 18.7 Å². The molecule has 2 rings (SSSR count). The van der Waals surface area contributed by atoms with E-state index in [1.54, 1.807) is 29.2 Å². The summed E-state index contributed by atoms with van der Waals surface area (Å²) < 4.78 is 5.06. The van der Waals surface area contributed by atoms with Crippen molar-refractivity contribution in [1.82, 2.24) is 0 Å². The first-order valence-corrected chi connectivity index (χ1v) is 6.42. The molecule has 1 aliphatic rings. The minimum atomic E-state index is -1.01. The van der Waals surface area contributed by atoms with Crippen molar-refractivity contribution >= 4 is 17.6 Å². The molecule has 0 saturated carbocycles. The molecule has 5 heteroatoms. The Bertz CT molecular complexity index is 455. The molecule has 0 unspecified atom stereocenters. The van der Waals surface area contributed by atoms with Crippen LogP contribution in [0.3, 0.4) is 0 Å². The fraction of sp³-hybridized carbons (Fsp3) is 0.429. The highest BCUT2D eigenvalue weighted by atomic mass is 16.5. The minimum Gasteiger partial charge on any atom is -0.482 e. The van der Waals surface area contributed by atoms with Gasteiger partial charge in [-0.25, -0.2) is 4.79 Å². The summed E-state index contributed by atoms with van der Waals surface area (Å²) in [5.74, 6) is -0.364. The maximum atomic E-state index is 11.9. The first-order valence-electron chi connectivity index (χ1n) is 6.42. The summed E-state index contributed by atoms with van der Waals surface area (Å²) in [5.41, 5.74) is 0.842. The largest absolute Gasteiger partial charge is 0.482 e. The van der Waals surface area contributed by atoms with Crippen molar-refractivity contribution in [1.29, 1.82) is 0 Å². The second-order valence-corrected chi connectivity index (χ2v) is 4.53. The quantitative estimate of drug-likeness (QED) is 0.902. The van der Waals surface area contributed by atoms with Crippen LogP contribution in [0.15, 0.2) is 24.3 Å². The number of aliphatic carboxylic acids is 1. The van der Waals surface area contributed by atoms with E-state index < -0.39 is 5.97 Å². The van der Waals surface area contributed by atoms with Crippen molar-refractivity contribution in [2.75, 3.05) is 18.1 Å². The Hall–Kier alpha value is -2.04. The molecule has 0 aromatic heterocycles. The third-order valence-electron chi connectivity index (χ3n) is 3.08. The lowest BCUT2D eigenvalue weighted by molar-refractivity contribution is -0.139. The Kier molecular flexibility index (Phi) is 4.39. The summed E-state index contributed by atoms with van der Waals surface area (Å²) >= 11 is 0. The number of benzene rings is 1. The van der Waals surface area contributed by atoms with Gasteiger partial charge in [-0.1, -0.05) is 6.42 Å². The number of amides is 1. The van der Waals surface area contributed by atoms with E-state index in [2.05, 4.69) is 0 Å². The molecule has 1 aromatic rings. The van der Waals surface area contributed by atoms with Crippen LogP contribution in [0.25, 0.3) is 0 Å². The third-order valence-corrected chi connectivity index (χ3v) is 3.08. The Labute approximate surface area is 111 Å². The highest BCUT2D eigenvalue weighted by Gasteiger charge is 2.17. The first-order chi connectivity index (χ1) is 9.16. The molecular formula is C14H17NO4. The fourth-order valence-electron chi connectivity index (χ4n) is 2.12. The van der Waals surface area contributed by atoms with E-state index in [1.165, 1.54) is 0 Å². The number of carbonyl (C=O) groups excluding carboxylic acids is 1. The lowest BCUT2D eigenvalue weighted by Gasteiger charge is -2.20. The molecule has 0 radical (unpaired) electrons. The molecule has 0 bridgehead atoms. The monoisotopic (exact) mass is 263 g/mol.